The minimum Gasteiger partial charge on any atom is -0.457 e. The zero-order valence-electron chi connectivity index (χ0n) is 15.9. The summed E-state index contributed by atoms with van der Waals surface area (Å²) in [6, 6.07) is 16.0. The summed E-state index contributed by atoms with van der Waals surface area (Å²) in [6.07, 6.45) is 6.29. The standard InChI is InChI=1S/C23H29NO2/c1-3-5-6-11-16-23(22(25)24-17-4-2)18-12-7-9-14-20(18)26-21-15-10-8-13-19(21)23/h7-10,12-15H,3-6,11,16-17H2,1-2H3,(H,24,25). The van der Waals surface area contributed by atoms with Crippen molar-refractivity contribution in [1.29, 1.82) is 0 Å². The van der Waals surface area contributed by atoms with Crippen LogP contribution < -0.4 is 10.1 Å². The van der Waals surface area contributed by atoms with E-state index < -0.39 is 5.41 Å². The number of nitrogens with one attached hydrogen (secondary N) is 1. The van der Waals surface area contributed by atoms with Gasteiger partial charge in [0.15, 0.2) is 0 Å². The van der Waals surface area contributed by atoms with Crippen LogP contribution in [0, 0.1) is 0 Å². The van der Waals surface area contributed by atoms with Crippen LogP contribution in [0.5, 0.6) is 11.5 Å². The Morgan fingerprint density at radius 3 is 2.08 bits per heavy atom. The Bertz CT molecular complexity index is 708. The smallest absolute Gasteiger partial charge is 0.235 e. The molecular formula is C23H29NO2. The van der Waals surface area contributed by atoms with E-state index >= 15 is 0 Å². The predicted octanol–water partition coefficient (Wildman–Crippen LogP) is 5.58. The van der Waals surface area contributed by atoms with Crippen LogP contribution in [0.25, 0.3) is 0 Å². The quantitative estimate of drug-likeness (QED) is 0.631. The van der Waals surface area contributed by atoms with E-state index in [2.05, 4.69) is 31.3 Å². The number of hydrogen-bond acceptors (Lipinski definition) is 2. The van der Waals surface area contributed by atoms with Crippen molar-refractivity contribution < 1.29 is 9.53 Å². The Labute approximate surface area is 156 Å². The second kappa shape index (κ2) is 8.39. The molecule has 3 nitrogen and oxygen atoms in total. The highest BCUT2D eigenvalue weighted by Gasteiger charge is 2.47. The molecule has 1 N–H and O–H groups in total. The molecule has 0 radical (unpaired) electrons. The largest absolute Gasteiger partial charge is 0.457 e. The molecule has 0 aliphatic carbocycles. The molecule has 1 aliphatic heterocycles. The minimum absolute atomic E-state index is 0.0963. The summed E-state index contributed by atoms with van der Waals surface area (Å²) in [4.78, 5) is 13.5. The van der Waals surface area contributed by atoms with E-state index in [9.17, 15) is 4.79 Å². The molecule has 0 saturated heterocycles. The fourth-order valence-electron chi connectivity index (χ4n) is 3.91. The van der Waals surface area contributed by atoms with Gasteiger partial charge in [-0.25, -0.2) is 0 Å². The summed E-state index contributed by atoms with van der Waals surface area (Å²) >= 11 is 0. The molecule has 0 atom stereocenters. The molecule has 1 amide bonds. The van der Waals surface area contributed by atoms with E-state index in [1.54, 1.807) is 0 Å². The lowest BCUT2D eigenvalue weighted by atomic mass is 9.68. The van der Waals surface area contributed by atoms with Gasteiger partial charge in [-0.2, -0.15) is 0 Å². The van der Waals surface area contributed by atoms with Crippen molar-refractivity contribution in [1.82, 2.24) is 5.32 Å². The van der Waals surface area contributed by atoms with Crippen LogP contribution in [-0.2, 0) is 10.2 Å². The van der Waals surface area contributed by atoms with E-state index in [0.29, 0.717) is 6.54 Å². The number of carbonyl (C=O) groups is 1. The van der Waals surface area contributed by atoms with Gasteiger partial charge in [-0.05, 0) is 25.0 Å². The average Bonchev–Trinajstić information content (AvgIpc) is 2.68. The maximum Gasteiger partial charge on any atom is 0.235 e. The minimum atomic E-state index is -0.672. The van der Waals surface area contributed by atoms with Crippen molar-refractivity contribution in [2.45, 2.75) is 57.8 Å². The molecule has 3 rings (SSSR count). The maximum atomic E-state index is 13.5. The number of ether oxygens (including phenoxy) is 1. The Kier molecular flexibility index (Phi) is 5.97. The van der Waals surface area contributed by atoms with Gasteiger partial charge in [-0.15, -0.1) is 0 Å². The maximum absolute atomic E-state index is 13.5. The second-order valence-corrected chi connectivity index (χ2v) is 7.07. The molecule has 1 aliphatic rings. The number of carbonyl (C=O) groups excluding carboxylic acids is 1. The highest BCUT2D eigenvalue weighted by molar-refractivity contribution is 5.94. The SMILES string of the molecule is CCCCCCC1(C(=O)NCCC)c2ccccc2Oc2ccccc21. The number of amides is 1. The Hall–Kier alpha value is -2.29. The van der Waals surface area contributed by atoms with Gasteiger partial charge in [0.1, 0.15) is 16.9 Å². The first kappa shape index (κ1) is 18.5. The van der Waals surface area contributed by atoms with E-state index in [4.69, 9.17) is 4.74 Å². The van der Waals surface area contributed by atoms with Crippen LogP contribution in [0.3, 0.4) is 0 Å². The van der Waals surface area contributed by atoms with Crippen LogP contribution in [0.2, 0.25) is 0 Å². The van der Waals surface area contributed by atoms with Crippen molar-refractivity contribution in [3.05, 3.63) is 59.7 Å². The zero-order chi connectivity index (χ0) is 18.4. The van der Waals surface area contributed by atoms with Gasteiger partial charge in [0, 0.05) is 17.7 Å². The number of para-hydroxylation sites is 2. The molecule has 0 unspecified atom stereocenters. The van der Waals surface area contributed by atoms with Crippen LogP contribution in [0.4, 0.5) is 0 Å². The van der Waals surface area contributed by atoms with Gasteiger partial charge in [-0.3, -0.25) is 4.79 Å². The fraction of sp³-hybridized carbons (Fsp3) is 0.435. The first-order valence-corrected chi connectivity index (χ1v) is 9.89. The Morgan fingerprint density at radius 1 is 0.885 bits per heavy atom. The number of benzene rings is 2. The van der Waals surface area contributed by atoms with Gasteiger partial charge < -0.3 is 10.1 Å². The van der Waals surface area contributed by atoms with E-state index in [1.807, 2.05) is 36.4 Å². The van der Waals surface area contributed by atoms with Crippen molar-refractivity contribution in [3.8, 4) is 11.5 Å². The molecule has 0 aromatic heterocycles. The summed E-state index contributed by atoms with van der Waals surface area (Å²) in [5.41, 5.74) is 1.31. The topological polar surface area (TPSA) is 38.3 Å². The molecule has 138 valence electrons. The molecule has 2 aromatic rings. The van der Waals surface area contributed by atoms with Crippen LogP contribution >= 0.6 is 0 Å². The van der Waals surface area contributed by atoms with Crippen molar-refractivity contribution in [3.63, 3.8) is 0 Å². The van der Waals surface area contributed by atoms with Crippen LogP contribution in [0.1, 0.15) is 63.5 Å². The van der Waals surface area contributed by atoms with Gasteiger partial charge in [-0.1, -0.05) is 75.9 Å². The lowest BCUT2D eigenvalue weighted by Crippen LogP contribution is -2.47. The summed E-state index contributed by atoms with van der Waals surface area (Å²) in [5.74, 6) is 1.70. The highest BCUT2D eigenvalue weighted by Crippen LogP contribution is 2.50. The molecule has 26 heavy (non-hydrogen) atoms. The van der Waals surface area contributed by atoms with Gasteiger partial charge in [0.25, 0.3) is 0 Å². The molecule has 0 saturated carbocycles. The molecular weight excluding hydrogens is 322 g/mol. The van der Waals surface area contributed by atoms with Crippen molar-refractivity contribution in [2.75, 3.05) is 6.54 Å². The number of rotatable bonds is 8. The molecule has 0 spiro atoms. The summed E-state index contributed by atoms with van der Waals surface area (Å²) in [5, 5.41) is 3.17. The number of hydrogen-bond donors (Lipinski definition) is 1. The zero-order valence-corrected chi connectivity index (χ0v) is 15.9. The van der Waals surface area contributed by atoms with E-state index in [-0.39, 0.29) is 5.91 Å². The lowest BCUT2D eigenvalue weighted by Gasteiger charge is -2.39. The van der Waals surface area contributed by atoms with Crippen LogP contribution in [0.15, 0.2) is 48.5 Å². The summed E-state index contributed by atoms with van der Waals surface area (Å²) in [6.45, 7) is 4.99. The van der Waals surface area contributed by atoms with Gasteiger partial charge in [0.2, 0.25) is 5.91 Å². The van der Waals surface area contributed by atoms with Gasteiger partial charge >= 0.3 is 0 Å². The third-order valence-electron chi connectivity index (χ3n) is 5.24. The number of unbranched alkanes of at least 4 members (excludes halogenated alkanes) is 3. The number of fused-ring (bicyclic) bond motifs is 2. The highest BCUT2D eigenvalue weighted by atomic mass is 16.5. The summed E-state index contributed by atoms with van der Waals surface area (Å²) < 4.78 is 6.13. The summed E-state index contributed by atoms with van der Waals surface area (Å²) in [7, 11) is 0. The second-order valence-electron chi connectivity index (χ2n) is 7.07. The third-order valence-corrected chi connectivity index (χ3v) is 5.24. The average molecular weight is 351 g/mol. The fourth-order valence-corrected chi connectivity index (χ4v) is 3.91. The molecule has 0 fully saturated rings. The normalized spacial score (nSPS) is 14.1. The molecule has 2 aromatic carbocycles. The lowest BCUT2D eigenvalue weighted by molar-refractivity contribution is -0.125. The Balaban J connectivity index is 2.10. The van der Waals surface area contributed by atoms with Gasteiger partial charge in [0.05, 0.1) is 0 Å². The van der Waals surface area contributed by atoms with Crippen molar-refractivity contribution in [2.24, 2.45) is 0 Å². The third kappa shape index (κ3) is 3.35. The molecule has 3 heteroatoms. The van der Waals surface area contributed by atoms with E-state index in [0.717, 1.165) is 48.3 Å². The Morgan fingerprint density at radius 2 is 1.50 bits per heavy atom. The first-order chi connectivity index (χ1) is 12.7. The predicted molar refractivity (Wildman–Crippen MR) is 106 cm³/mol. The monoisotopic (exact) mass is 351 g/mol. The molecule has 1 heterocycles. The van der Waals surface area contributed by atoms with Crippen LogP contribution in [-0.4, -0.2) is 12.5 Å². The van der Waals surface area contributed by atoms with E-state index in [1.165, 1.54) is 12.8 Å². The van der Waals surface area contributed by atoms with Crippen molar-refractivity contribution >= 4 is 5.91 Å². The molecule has 0 bridgehead atoms. The first-order valence-electron chi connectivity index (χ1n) is 9.89.